The van der Waals surface area contributed by atoms with Crippen molar-refractivity contribution in [2.45, 2.75) is 32.9 Å². The first-order valence-electron chi connectivity index (χ1n) is 6.03. The number of rotatable bonds is 2. The van der Waals surface area contributed by atoms with Gasteiger partial charge in [-0.05, 0) is 36.5 Å². The van der Waals surface area contributed by atoms with Crippen LogP contribution in [0.4, 0.5) is 13.2 Å². The van der Waals surface area contributed by atoms with E-state index in [0.717, 1.165) is 6.42 Å². The third-order valence-corrected chi connectivity index (χ3v) is 4.58. The highest BCUT2D eigenvalue weighted by atomic mass is 19.4. The van der Waals surface area contributed by atoms with Crippen LogP contribution in [0.25, 0.3) is 0 Å². The van der Waals surface area contributed by atoms with Gasteiger partial charge in [0.05, 0.1) is 5.92 Å². The predicted molar refractivity (Wildman–Crippen MR) is 55.0 cm³/mol. The molecule has 5 atom stereocenters. The average Bonchev–Trinajstić information content (AvgIpc) is 2.76. The number of alkyl halides is 3. The summed E-state index contributed by atoms with van der Waals surface area (Å²) in [6.45, 7) is 2.79. The minimum atomic E-state index is -4.42. The summed E-state index contributed by atoms with van der Waals surface area (Å²) in [6.07, 6.45) is -2.76. The van der Waals surface area contributed by atoms with Crippen molar-refractivity contribution in [1.82, 2.24) is 0 Å². The minimum absolute atomic E-state index is 0.218. The van der Waals surface area contributed by atoms with E-state index in [2.05, 4.69) is 18.6 Å². The normalized spacial score (nSPS) is 40.6. The summed E-state index contributed by atoms with van der Waals surface area (Å²) < 4.78 is 40.2. The highest BCUT2D eigenvalue weighted by Gasteiger charge is 2.52. The van der Waals surface area contributed by atoms with E-state index in [1.54, 1.807) is 0 Å². The summed E-state index contributed by atoms with van der Waals surface area (Å²) in [5.41, 5.74) is 0. The summed E-state index contributed by atoms with van der Waals surface area (Å²) in [4.78, 5) is 11.6. The van der Waals surface area contributed by atoms with E-state index in [0.29, 0.717) is 24.2 Å². The standard InChI is InChI=1S/C12H17F3O2/c1-6-7(2)9-3-8(6)4-10(9)11(16)17-5-12(13,14)15/h6-10H,3-5H2,1-2H3. The van der Waals surface area contributed by atoms with Gasteiger partial charge < -0.3 is 4.74 Å². The van der Waals surface area contributed by atoms with E-state index in [1.165, 1.54) is 0 Å². The first-order valence-corrected chi connectivity index (χ1v) is 6.03. The number of esters is 1. The van der Waals surface area contributed by atoms with Gasteiger partial charge in [0.2, 0.25) is 0 Å². The fourth-order valence-corrected chi connectivity index (χ4v) is 3.47. The van der Waals surface area contributed by atoms with Gasteiger partial charge in [-0.15, -0.1) is 0 Å². The van der Waals surface area contributed by atoms with Crippen molar-refractivity contribution in [3.8, 4) is 0 Å². The number of carbonyl (C=O) groups is 1. The molecule has 2 fully saturated rings. The van der Waals surface area contributed by atoms with Crippen molar-refractivity contribution in [1.29, 1.82) is 0 Å². The molecule has 98 valence electrons. The molecule has 0 N–H and O–H groups in total. The van der Waals surface area contributed by atoms with E-state index in [9.17, 15) is 18.0 Å². The van der Waals surface area contributed by atoms with Crippen molar-refractivity contribution in [3.63, 3.8) is 0 Å². The third kappa shape index (κ3) is 2.43. The van der Waals surface area contributed by atoms with E-state index in [4.69, 9.17) is 0 Å². The molecule has 0 aliphatic heterocycles. The first kappa shape index (κ1) is 12.7. The molecular formula is C12H17F3O2. The molecule has 0 radical (unpaired) electrons. The highest BCUT2D eigenvalue weighted by molar-refractivity contribution is 5.73. The van der Waals surface area contributed by atoms with Gasteiger partial charge in [-0.1, -0.05) is 13.8 Å². The number of ether oxygens (including phenoxy) is 1. The van der Waals surface area contributed by atoms with Crippen LogP contribution in [-0.4, -0.2) is 18.8 Å². The van der Waals surface area contributed by atoms with Crippen LogP contribution in [0.5, 0.6) is 0 Å². The maximum atomic E-state index is 12.0. The Morgan fingerprint density at radius 2 is 1.88 bits per heavy atom. The van der Waals surface area contributed by atoms with Gasteiger partial charge in [0.15, 0.2) is 6.61 Å². The molecule has 2 aliphatic rings. The Kier molecular flexibility index (Phi) is 3.12. The Balaban J connectivity index is 1.91. The van der Waals surface area contributed by atoms with Crippen LogP contribution in [0, 0.1) is 29.6 Å². The summed E-state index contributed by atoms with van der Waals surface area (Å²) >= 11 is 0. The summed E-state index contributed by atoms with van der Waals surface area (Å²) in [5, 5.41) is 0. The maximum absolute atomic E-state index is 12.0. The second kappa shape index (κ2) is 4.18. The van der Waals surface area contributed by atoms with Gasteiger partial charge in [0.1, 0.15) is 0 Å². The van der Waals surface area contributed by atoms with Crippen molar-refractivity contribution in [2.75, 3.05) is 6.61 Å². The molecular weight excluding hydrogens is 233 g/mol. The Labute approximate surface area is 98.5 Å². The monoisotopic (exact) mass is 250 g/mol. The largest absolute Gasteiger partial charge is 0.456 e. The molecule has 0 amide bonds. The molecule has 2 nitrogen and oxygen atoms in total. The fourth-order valence-electron chi connectivity index (χ4n) is 3.47. The quantitative estimate of drug-likeness (QED) is 0.704. The Hall–Kier alpha value is -0.740. The molecule has 0 heterocycles. The molecule has 0 aromatic heterocycles. The lowest BCUT2D eigenvalue weighted by Gasteiger charge is -2.30. The van der Waals surface area contributed by atoms with Gasteiger partial charge in [0, 0.05) is 0 Å². The van der Waals surface area contributed by atoms with Crippen LogP contribution in [0.3, 0.4) is 0 Å². The molecule has 0 aromatic carbocycles. The van der Waals surface area contributed by atoms with E-state index in [-0.39, 0.29) is 11.8 Å². The van der Waals surface area contributed by atoms with Gasteiger partial charge >= 0.3 is 12.1 Å². The fraction of sp³-hybridized carbons (Fsp3) is 0.917. The lowest BCUT2D eigenvalue weighted by molar-refractivity contribution is -0.190. The predicted octanol–water partition coefficient (Wildman–Crippen LogP) is 3.02. The smallest absolute Gasteiger partial charge is 0.422 e. The van der Waals surface area contributed by atoms with Gasteiger partial charge in [-0.25, -0.2) is 0 Å². The van der Waals surface area contributed by atoms with Crippen molar-refractivity contribution in [2.24, 2.45) is 29.6 Å². The Bertz CT molecular complexity index is 311. The highest BCUT2D eigenvalue weighted by Crippen LogP contribution is 2.55. The number of halogens is 3. The van der Waals surface area contributed by atoms with Crippen molar-refractivity contribution in [3.05, 3.63) is 0 Å². The second-order valence-corrected chi connectivity index (χ2v) is 5.44. The van der Waals surface area contributed by atoms with Gasteiger partial charge in [-0.3, -0.25) is 4.79 Å². The summed E-state index contributed by atoms with van der Waals surface area (Å²) in [6, 6.07) is 0. The SMILES string of the molecule is CC1C2CC(C(=O)OCC(F)(F)F)C(C2)C1C. The molecule has 2 rings (SSSR count). The lowest BCUT2D eigenvalue weighted by atomic mass is 9.76. The van der Waals surface area contributed by atoms with E-state index in [1.807, 2.05) is 0 Å². The van der Waals surface area contributed by atoms with Crippen LogP contribution in [0.1, 0.15) is 26.7 Å². The molecule has 17 heavy (non-hydrogen) atoms. The summed E-state index contributed by atoms with van der Waals surface area (Å²) in [7, 11) is 0. The Morgan fingerprint density at radius 3 is 2.35 bits per heavy atom. The van der Waals surface area contributed by atoms with Crippen LogP contribution in [0.2, 0.25) is 0 Å². The Morgan fingerprint density at radius 1 is 1.24 bits per heavy atom. The topological polar surface area (TPSA) is 26.3 Å². The molecule has 5 heteroatoms. The molecule has 0 spiro atoms. The first-order chi connectivity index (χ1) is 7.79. The molecule has 2 saturated carbocycles. The van der Waals surface area contributed by atoms with Crippen LogP contribution in [0.15, 0.2) is 0 Å². The third-order valence-electron chi connectivity index (χ3n) is 4.58. The van der Waals surface area contributed by atoms with E-state index < -0.39 is 18.8 Å². The molecule has 0 saturated heterocycles. The van der Waals surface area contributed by atoms with Gasteiger partial charge in [-0.2, -0.15) is 13.2 Å². The van der Waals surface area contributed by atoms with Crippen molar-refractivity contribution < 1.29 is 22.7 Å². The van der Waals surface area contributed by atoms with Gasteiger partial charge in [0.25, 0.3) is 0 Å². The zero-order valence-electron chi connectivity index (χ0n) is 9.96. The zero-order chi connectivity index (χ0) is 12.8. The lowest BCUT2D eigenvalue weighted by Crippen LogP contribution is -2.32. The molecule has 5 unspecified atom stereocenters. The second-order valence-electron chi connectivity index (χ2n) is 5.44. The molecule has 0 aromatic rings. The minimum Gasteiger partial charge on any atom is -0.456 e. The number of hydrogen-bond donors (Lipinski definition) is 0. The van der Waals surface area contributed by atoms with Crippen LogP contribution >= 0.6 is 0 Å². The maximum Gasteiger partial charge on any atom is 0.422 e. The van der Waals surface area contributed by atoms with Crippen molar-refractivity contribution >= 4 is 5.97 Å². The average molecular weight is 250 g/mol. The van der Waals surface area contributed by atoms with E-state index >= 15 is 0 Å². The number of carbonyl (C=O) groups excluding carboxylic acids is 1. The number of fused-ring (bicyclic) bond motifs is 2. The molecule has 2 aliphatic carbocycles. The zero-order valence-corrected chi connectivity index (χ0v) is 9.96. The van der Waals surface area contributed by atoms with Crippen LogP contribution < -0.4 is 0 Å². The molecule has 2 bridgehead atoms. The summed E-state index contributed by atoms with van der Waals surface area (Å²) in [5.74, 6) is 0.722. The van der Waals surface area contributed by atoms with Crippen LogP contribution in [-0.2, 0) is 9.53 Å². The number of hydrogen-bond acceptors (Lipinski definition) is 2.